The molecular formula is C11H21NO2S. The molecule has 1 N–H and O–H groups in total. The molecule has 15 heavy (non-hydrogen) atoms. The summed E-state index contributed by atoms with van der Waals surface area (Å²) >= 11 is 2.05. The molecule has 2 heterocycles. The molecule has 2 aliphatic heterocycles. The zero-order valence-electron chi connectivity index (χ0n) is 9.62. The molecule has 0 spiro atoms. The van der Waals surface area contributed by atoms with Crippen LogP contribution in [-0.2, 0) is 9.47 Å². The minimum Gasteiger partial charge on any atom is -0.348 e. The molecule has 2 saturated heterocycles. The van der Waals surface area contributed by atoms with Gasteiger partial charge in [0.1, 0.15) is 0 Å². The van der Waals surface area contributed by atoms with E-state index in [1.807, 2.05) is 13.8 Å². The van der Waals surface area contributed by atoms with E-state index < -0.39 is 0 Å². The highest BCUT2D eigenvalue weighted by atomic mass is 32.2. The topological polar surface area (TPSA) is 30.5 Å². The second-order valence-electron chi connectivity index (χ2n) is 4.77. The van der Waals surface area contributed by atoms with Gasteiger partial charge in [-0.3, -0.25) is 0 Å². The SMILES string of the molecule is CC1(C)OCC(CNC2CCCSC2)O1. The van der Waals surface area contributed by atoms with Crippen LogP contribution < -0.4 is 5.32 Å². The highest BCUT2D eigenvalue weighted by molar-refractivity contribution is 7.99. The van der Waals surface area contributed by atoms with Gasteiger partial charge in [0.25, 0.3) is 0 Å². The van der Waals surface area contributed by atoms with E-state index >= 15 is 0 Å². The van der Waals surface area contributed by atoms with Gasteiger partial charge in [-0.1, -0.05) is 0 Å². The van der Waals surface area contributed by atoms with Crippen molar-refractivity contribution in [2.45, 2.75) is 44.6 Å². The predicted molar refractivity (Wildman–Crippen MR) is 63.3 cm³/mol. The zero-order valence-corrected chi connectivity index (χ0v) is 10.4. The number of hydrogen-bond acceptors (Lipinski definition) is 4. The smallest absolute Gasteiger partial charge is 0.163 e. The van der Waals surface area contributed by atoms with Crippen molar-refractivity contribution in [3.8, 4) is 0 Å². The van der Waals surface area contributed by atoms with Crippen LogP contribution in [0.2, 0.25) is 0 Å². The van der Waals surface area contributed by atoms with Gasteiger partial charge in [0.05, 0.1) is 12.7 Å². The molecule has 2 aliphatic rings. The van der Waals surface area contributed by atoms with Crippen LogP contribution in [0, 0.1) is 0 Å². The van der Waals surface area contributed by atoms with E-state index in [-0.39, 0.29) is 11.9 Å². The van der Waals surface area contributed by atoms with Crippen LogP contribution in [0.5, 0.6) is 0 Å². The minimum atomic E-state index is -0.381. The first kappa shape index (κ1) is 11.7. The third-order valence-electron chi connectivity index (χ3n) is 2.86. The molecule has 4 heteroatoms. The Hall–Kier alpha value is 0.230. The first-order valence-corrected chi connectivity index (χ1v) is 6.94. The Kier molecular flexibility index (Phi) is 3.93. The average Bonchev–Trinajstić information content (AvgIpc) is 2.57. The van der Waals surface area contributed by atoms with Gasteiger partial charge in [-0.2, -0.15) is 11.8 Å². The van der Waals surface area contributed by atoms with E-state index in [1.54, 1.807) is 0 Å². The summed E-state index contributed by atoms with van der Waals surface area (Å²) in [4.78, 5) is 0. The van der Waals surface area contributed by atoms with Crippen LogP contribution in [0.3, 0.4) is 0 Å². The van der Waals surface area contributed by atoms with Crippen molar-refractivity contribution in [1.29, 1.82) is 0 Å². The summed E-state index contributed by atoms with van der Waals surface area (Å²) < 4.78 is 11.3. The number of thioether (sulfide) groups is 1. The average molecular weight is 231 g/mol. The Morgan fingerprint density at radius 2 is 2.33 bits per heavy atom. The van der Waals surface area contributed by atoms with Gasteiger partial charge < -0.3 is 14.8 Å². The summed E-state index contributed by atoms with van der Waals surface area (Å²) in [6.07, 6.45) is 2.88. The molecule has 0 radical (unpaired) electrons. The molecule has 0 aromatic heterocycles. The van der Waals surface area contributed by atoms with Crippen LogP contribution >= 0.6 is 11.8 Å². The van der Waals surface area contributed by atoms with Crippen LogP contribution in [0.15, 0.2) is 0 Å². The molecular weight excluding hydrogens is 210 g/mol. The van der Waals surface area contributed by atoms with Gasteiger partial charge in [0, 0.05) is 18.3 Å². The van der Waals surface area contributed by atoms with Crippen molar-refractivity contribution in [2.75, 3.05) is 24.7 Å². The molecule has 0 amide bonds. The number of hydrogen-bond donors (Lipinski definition) is 1. The second kappa shape index (κ2) is 5.04. The fourth-order valence-electron chi connectivity index (χ4n) is 2.06. The van der Waals surface area contributed by atoms with Crippen LogP contribution in [0.25, 0.3) is 0 Å². The maximum absolute atomic E-state index is 5.75. The van der Waals surface area contributed by atoms with Gasteiger partial charge in [-0.25, -0.2) is 0 Å². The Morgan fingerprint density at radius 3 is 2.93 bits per heavy atom. The molecule has 0 saturated carbocycles. The maximum Gasteiger partial charge on any atom is 0.163 e. The van der Waals surface area contributed by atoms with Gasteiger partial charge in [0.2, 0.25) is 0 Å². The molecule has 3 nitrogen and oxygen atoms in total. The fourth-order valence-corrected chi connectivity index (χ4v) is 3.17. The predicted octanol–water partition coefficient (Wildman–Crippen LogP) is 1.62. The monoisotopic (exact) mass is 231 g/mol. The quantitative estimate of drug-likeness (QED) is 0.799. The van der Waals surface area contributed by atoms with Crippen molar-refractivity contribution in [2.24, 2.45) is 0 Å². The van der Waals surface area contributed by atoms with Crippen molar-refractivity contribution >= 4 is 11.8 Å². The summed E-state index contributed by atoms with van der Waals surface area (Å²) in [6.45, 7) is 5.60. The van der Waals surface area contributed by atoms with E-state index in [9.17, 15) is 0 Å². The number of ether oxygens (including phenoxy) is 2. The Balaban J connectivity index is 1.65. The maximum atomic E-state index is 5.75. The van der Waals surface area contributed by atoms with E-state index in [0.717, 1.165) is 13.2 Å². The van der Waals surface area contributed by atoms with Crippen molar-refractivity contribution < 1.29 is 9.47 Å². The van der Waals surface area contributed by atoms with E-state index in [2.05, 4.69) is 17.1 Å². The first-order valence-electron chi connectivity index (χ1n) is 5.79. The molecule has 2 rings (SSSR count). The summed E-state index contributed by atoms with van der Waals surface area (Å²) in [6, 6.07) is 0.677. The Morgan fingerprint density at radius 1 is 1.47 bits per heavy atom. The van der Waals surface area contributed by atoms with Gasteiger partial charge in [-0.15, -0.1) is 0 Å². The Bertz CT molecular complexity index is 205. The molecule has 2 atom stereocenters. The van der Waals surface area contributed by atoms with Gasteiger partial charge in [-0.05, 0) is 32.4 Å². The summed E-state index contributed by atoms with van der Waals surface area (Å²) in [5, 5.41) is 3.58. The fraction of sp³-hybridized carbons (Fsp3) is 1.00. The standard InChI is InChI=1S/C11H21NO2S/c1-11(2)13-7-10(14-11)6-12-9-4-3-5-15-8-9/h9-10,12H,3-8H2,1-2H3. The van der Waals surface area contributed by atoms with Gasteiger partial charge in [0.15, 0.2) is 5.79 Å². The van der Waals surface area contributed by atoms with E-state index in [0.29, 0.717) is 6.04 Å². The van der Waals surface area contributed by atoms with Crippen molar-refractivity contribution in [3.05, 3.63) is 0 Å². The first-order chi connectivity index (χ1) is 7.16. The normalized spacial score (nSPS) is 35.6. The highest BCUT2D eigenvalue weighted by Crippen LogP contribution is 2.22. The summed E-state index contributed by atoms with van der Waals surface area (Å²) in [7, 11) is 0. The van der Waals surface area contributed by atoms with Crippen molar-refractivity contribution in [1.82, 2.24) is 5.32 Å². The van der Waals surface area contributed by atoms with Gasteiger partial charge >= 0.3 is 0 Å². The Labute approximate surface area is 96.3 Å². The number of nitrogens with one attached hydrogen (secondary N) is 1. The lowest BCUT2D eigenvalue weighted by Gasteiger charge is -2.24. The van der Waals surface area contributed by atoms with Crippen LogP contribution in [-0.4, -0.2) is 42.6 Å². The minimum absolute atomic E-state index is 0.229. The lowest BCUT2D eigenvalue weighted by molar-refractivity contribution is -0.137. The third-order valence-corrected chi connectivity index (χ3v) is 4.08. The molecule has 2 fully saturated rings. The molecule has 0 aromatic carbocycles. The molecule has 88 valence electrons. The third kappa shape index (κ3) is 3.63. The second-order valence-corrected chi connectivity index (χ2v) is 5.92. The summed E-state index contributed by atoms with van der Waals surface area (Å²) in [5.74, 6) is 2.19. The molecule has 0 aliphatic carbocycles. The van der Waals surface area contributed by atoms with E-state index in [4.69, 9.17) is 9.47 Å². The lowest BCUT2D eigenvalue weighted by Crippen LogP contribution is -2.40. The summed E-state index contributed by atoms with van der Waals surface area (Å²) in [5.41, 5.74) is 0. The van der Waals surface area contributed by atoms with Crippen LogP contribution in [0.4, 0.5) is 0 Å². The largest absolute Gasteiger partial charge is 0.348 e. The molecule has 2 unspecified atom stereocenters. The van der Waals surface area contributed by atoms with E-state index in [1.165, 1.54) is 24.3 Å². The molecule has 0 bridgehead atoms. The zero-order chi connectivity index (χ0) is 10.7. The van der Waals surface area contributed by atoms with Crippen LogP contribution in [0.1, 0.15) is 26.7 Å². The van der Waals surface area contributed by atoms with Crippen molar-refractivity contribution in [3.63, 3.8) is 0 Å². The highest BCUT2D eigenvalue weighted by Gasteiger charge is 2.32. The lowest BCUT2D eigenvalue weighted by atomic mass is 10.2. The number of rotatable bonds is 3. The molecule has 0 aromatic rings.